The number of rotatable bonds is 8. The van der Waals surface area contributed by atoms with E-state index in [1.54, 1.807) is 7.11 Å². The van der Waals surface area contributed by atoms with Crippen molar-refractivity contribution in [3.63, 3.8) is 0 Å². The van der Waals surface area contributed by atoms with Crippen LogP contribution in [0.25, 0.3) is 0 Å². The van der Waals surface area contributed by atoms with Gasteiger partial charge < -0.3 is 20.1 Å². The number of anilines is 2. The number of methoxy groups -OCH3 is 1. The van der Waals surface area contributed by atoms with Crippen LogP contribution in [0.15, 0.2) is 72.8 Å². The monoisotopic (exact) mass is 376 g/mol. The van der Waals surface area contributed by atoms with Crippen LogP contribution in [0.1, 0.15) is 12.0 Å². The SMILES string of the molecule is COc1ccc(C)cc1NC(=O)CCNc1ccccc1Oc1ccccc1. The van der Waals surface area contributed by atoms with Crippen LogP contribution in [0, 0.1) is 6.92 Å². The molecule has 0 aromatic heterocycles. The molecule has 144 valence electrons. The molecule has 0 aliphatic rings. The molecule has 0 spiro atoms. The van der Waals surface area contributed by atoms with E-state index in [2.05, 4.69) is 10.6 Å². The number of hydrogen-bond acceptors (Lipinski definition) is 4. The molecule has 0 radical (unpaired) electrons. The Labute approximate surface area is 165 Å². The van der Waals surface area contributed by atoms with Crippen molar-refractivity contribution < 1.29 is 14.3 Å². The Hall–Kier alpha value is -3.47. The van der Waals surface area contributed by atoms with Crippen LogP contribution in [0.4, 0.5) is 11.4 Å². The minimum absolute atomic E-state index is 0.0853. The van der Waals surface area contributed by atoms with Crippen LogP contribution in [0.5, 0.6) is 17.2 Å². The molecule has 1 amide bonds. The zero-order valence-electron chi connectivity index (χ0n) is 16.1. The highest BCUT2D eigenvalue weighted by molar-refractivity contribution is 5.92. The summed E-state index contributed by atoms with van der Waals surface area (Å²) in [4.78, 5) is 12.3. The Morgan fingerprint density at radius 3 is 2.43 bits per heavy atom. The van der Waals surface area contributed by atoms with Gasteiger partial charge in [0.2, 0.25) is 5.91 Å². The summed E-state index contributed by atoms with van der Waals surface area (Å²) in [5.41, 5.74) is 2.58. The first-order chi connectivity index (χ1) is 13.7. The van der Waals surface area contributed by atoms with Crippen molar-refractivity contribution in [3.8, 4) is 17.2 Å². The van der Waals surface area contributed by atoms with Crippen molar-refractivity contribution in [1.82, 2.24) is 0 Å². The molecular formula is C23H24N2O3. The first-order valence-electron chi connectivity index (χ1n) is 9.16. The number of para-hydroxylation sites is 3. The van der Waals surface area contributed by atoms with Gasteiger partial charge in [-0.3, -0.25) is 4.79 Å². The Morgan fingerprint density at radius 2 is 1.64 bits per heavy atom. The topological polar surface area (TPSA) is 59.6 Å². The lowest BCUT2D eigenvalue weighted by Crippen LogP contribution is -2.17. The number of ether oxygens (including phenoxy) is 2. The van der Waals surface area contributed by atoms with Gasteiger partial charge in [0.05, 0.1) is 18.5 Å². The summed E-state index contributed by atoms with van der Waals surface area (Å²) in [7, 11) is 1.59. The zero-order chi connectivity index (χ0) is 19.8. The van der Waals surface area contributed by atoms with E-state index in [-0.39, 0.29) is 5.91 Å². The van der Waals surface area contributed by atoms with E-state index >= 15 is 0 Å². The van der Waals surface area contributed by atoms with Gasteiger partial charge in [-0.1, -0.05) is 36.4 Å². The van der Waals surface area contributed by atoms with Crippen LogP contribution in [0.2, 0.25) is 0 Å². The van der Waals surface area contributed by atoms with Crippen LogP contribution < -0.4 is 20.1 Å². The summed E-state index contributed by atoms with van der Waals surface area (Å²) in [6, 6.07) is 23.0. The van der Waals surface area contributed by atoms with E-state index in [0.717, 1.165) is 22.7 Å². The van der Waals surface area contributed by atoms with E-state index in [9.17, 15) is 4.79 Å². The molecule has 0 aliphatic heterocycles. The lowest BCUT2D eigenvalue weighted by atomic mass is 10.2. The maximum atomic E-state index is 12.3. The fourth-order valence-electron chi connectivity index (χ4n) is 2.76. The van der Waals surface area contributed by atoms with Crippen molar-refractivity contribution in [2.24, 2.45) is 0 Å². The quantitative estimate of drug-likeness (QED) is 0.565. The highest BCUT2D eigenvalue weighted by Gasteiger charge is 2.09. The number of carbonyl (C=O) groups excluding carboxylic acids is 1. The predicted octanol–water partition coefficient (Wildman–Crippen LogP) is 5.24. The third-order valence-electron chi connectivity index (χ3n) is 4.15. The van der Waals surface area contributed by atoms with Crippen LogP contribution in [-0.4, -0.2) is 19.6 Å². The predicted molar refractivity (Wildman–Crippen MR) is 112 cm³/mol. The highest BCUT2D eigenvalue weighted by atomic mass is 16.5. The molecule has 0 saturated heterocycles. The number of amides is 1. The molecule has 5 nitrogen and oxygen atoms in total. The van der Waals surface area contributed by atoms with E-state index in [1.807, 2.05) is 79.7 Å². The minimum Gasteiger partial charge on any atom is -0.495 e. The molecule has 0 unspecified atom stereocenters. The Kier molecular flexibility index (Phi) is 6.52. The molecule has 0 bridgehead atoms. The zero-order valence-corrected chi connectivity index (χ0v) is 16.1. The summed E-state index contributed by atoms with van der Waals surface area (Å²) in [5.74, 6) is 2.04. The Morgan fingerprint density at radius 1 is 0.893 bits per heavy atom. The number of aryl methyl sites for hydroxylation is 1. The largest absolute Gasteiger partial charge is 0.495 e. The molecule has 3 aromatic carbocycles. The number of benzene rings is 3. The molecule has 2 N–H and O–H groups in total. The van der Waals surface area contributed by atoms with Gasteiger partial charge in [-0.05, 0) is 48.9 Å². The first-order valence-corrected chi connectivity index (χ1v) is 9.16. The molecule has 28 heavy (non-hydrogen) atoms. The molecule has 0 fully saturated rings. The second kappa shape index (κ2) is 9.46. The highest BCUT2D eigenvalue weighted by Crippen LogP contribution is 2.29. The van der Waals surface area contributed by atoms with Crippen molar-refractivity contribution in [2.45, 2.75) is 13.3 Å². The fourth-order valence-corrected chi connectivity index (χ4v) is 2.76. The van der Waals surface area contributed by atoms with E-state index in [0.29, 0.717) is 24.4 Å². The van der Waals surface area contributed by atoms with Gasteiger partial charge in [-0.2, -0.15) is 0 Å². The standard InChI is InChI=1S/C23H24N2O3/c1-17-12-13-21(27-2)20(16-17)25-23(26)14-15-24-19-10-6-7-11-22(19)28-18-8-4-3-5-9-18/h3-13,16,24H,14-15H2,1-2H3,(H,25,26). The van der Waals surface area contributed by atoms with E-state index in [4.69, 9.17) is 9.47 Å². The summed E-state index contributed by atoms with van der Waals surface area (Å²) >= 11 is 0. The van der Waals surface area contributed by atoms with Gasteiger partial charge in [0.25, 0.3) is 0 Å². The summed E-state index contributed by atoms with van der Waals surface area (Å²) in [5, 5.41) is 6.18. The lowest BCUT2D eigenvalue weighted by molar-refractivity contribution is -0.116. The Bertz CT molecular complexity index is 926. The van der Waals surface area contributed by atoms with Crippen LogP contribution in [-0.2, 0) is 4.79 Å². The smallest absolute Gasteiger partial charge is 0.226 e. The van der Waals surface area contributed by atoms with Crippen molar-refractivity contribution in [2.75, 3.05) is 24.3 Å². The summed E-state index contributed by atoms with van der Waals surface area (Å²) < 4.78 is 11.2. The second-order valence-corrected chi connectivity index (χ2v) is 6.34. The summed E-state index contributed by atoms with van der Waals surface area (Å²) in [6.45, 7) is 2.45. The van der Waals surface area contributed by atoms with Gasteiger partial charge in [0.1, 0.15) is 11.5 Å². The minimum atomic E-state index is -0.0853. The molecule has 3 rings (SSSR count). The average molecular weight is 376 g/mol. The van der Waals surface area contributed by atoms with E-state index in [1.165, 1.54) is 0 Å². The fraction of sp³-hybridized carbons (Fsp3) is 0.174. The molecular weight excluding hydrogens is 352 g/mol. The van der Waals surface area contributed by atoms with Crippen molar-refractivity contribution in [1.29, 1.82) is 0 Å². The molecule has 0 aliphatic carbocycles. The van der Waals surface area contributed by atoms with Crippen molar-refractivity contribution in [3.05, 3.63) is 78.4 Å². The maximum absolute atomic E-state index is 12.3. The molecule has 0 atom stereocenters. The van der Waals surface area contributed by atoms with Crippen LogP contribution in [0.3, 0.4) is 0 Å². The average Bonchev–Trinajstić information content (AvgIpc) is 2.70. The van der Waals surface area contributed by atoms with Gasteiger partial charge in [0, 0.05) is 13.0 Å². The lowest BCUT2D eigenvalue weighted by Gasteiger charge is -2.14. The molecule has 5 heteroatoms. The van der Waals surface area contributed by atoms with Gasteiger partial charge in [-0.25, -0.2) is 0 Å². The van der Waals surface area contributed by atoms with Gasteiger partial charge in [-0.15, -0.1) is 0 Å². The molecule has 3 aromatic rings. The van der Waals surface area contributed by atoms with Crippen LogP contribution >= 0.6 is 0 Å². The van der Waals surface area contributed by atoms with Crippen molar-refractivity contribution >= 4 is 17.3 Å². The number of hydrogen-bond donors (Lipinski definition) is 2. The first kappa shape index (κ1) is 19.3. The maximum Gasteiger partial charge on any atom is 0.226 e. The molecule has 0 heterocycles. The van der Waals surface area contributed by atoms with Gasteiger partial charge in [0.15, 0.2) is 5.75 Å². The number of nitrogens with one attached hydrogen (secondary N) is 2. The second-order valence-electron chi connectivity index (χ2n) is 6.34. The normalized spacial score (nSPS) is 10.2. The Balaban J connectivity index is 1.57. The number of carbonyl (C=O) groups is 1. The third kappa shape index (κ3) is 5.27. The summed E-state index contributed by atoms with van der Waals surface area (Å²) in [6.07, 6.45) is 0.316. The molecule has 0 saturated carbocycles. The van der Waals surface area contributed by atoms with E-state index < -0.39 is 0 Å². The third-order valence-corrected chi connectivity index (χ3v) is 4.15. The van der Waals surface area contributed by atoms with Gasteiger partial charge >= 0.3 is 0 Å².